The van der Waals surface area contributed by atoms with E-state index in [1.54, 1.807) is 11.3 Å². The third-order valence-corrected chi connectivity index (χ3v) is 4.91. The summed E-state index contributed by atoms with van der Waals surface area (Å²) in [5.74, 6) is 0. The molecule has 0 fully saturated rings. The minimum atomic E-state index is 0.369. The molecule has 0 aliphatic heterocycles. The first kappa shape index (κ1) is 13.5. The molecule has 1 aromatic heterocycles. The second kappa shape index (κ2) is 6.31. The first-order chi connectivity index (χ1) is 8.20. The summed E-state index contributed by atoms with van der Waals surface area (Å²) in [6.07, 6.45) is 1.03. The highest BCUT2D eigenvalue weighted by molar-refractivity contribution is 14.1. The Balaban J connectivity index is 2.25. The number of hydrogen-bond donors (Lipinski definition) is 1. The fourth-order valence-electron chi connectivity index (χ4n) is 1.79. The number of halogens is 2. The molecule has 1 atom stereocenters. The number of likely N-dealkylation sites (N-methyl/N-ethyl adjacent to an activating group) is 1. The topological polar surface area (TPSA) is 12.0 Å². The standard InChI is InChI=1S/C13H13BrINS/c1-16-13(6-9-4-5-17-8-9)11-7-10(14)2-3-12(11)15/h2-5,7-8,13,16H,6H2,1H3. The lowest BCUT2D eigenvalue weighted by Gasteiger charge is -2.18. The van der Waals surface area contributed by atoms with E-state index >= 15 is 0 Å². The molecule has 1 N–H and O–H groups in total. The van der Waals surface area contributed by atoms with Gasteiger partial charge in [-0.3, -0.25) is 0 Å². The zero-order chi connectivity index (χ0) is 12.3. The maximum absolute atomic E-state index is 3.54. The van der Waals surface area contributed by atoms with Crippen molar-refractivity contribution >= 4 is 49.9 Å². The first-order valence-corrected chi connectivity index (χ1v) is 8.15. The van der Waals surface area contributed by atoms with Gasteiger partial charge in [-0.25, -0.2) is 0 Å². The van der Waals surface area contributed by atoms with Crippen molar-refractivity contribution in [3.05, 3.63) is 54.2 Å². The Morgan fingerprint density at radius 3 is 2.88 bits per heavy atom. The Labute approximate surface area is 128 Å². The van der Waals surface area contributed by atoms with E-state index in [-0.39, 0.29) is 0 Å². The number of thiophene rings is 1. The van der Waals surface area contributed by atoms with Crippen molar-refractivity contribution in [2.75, 3.05) is 7.05 Å². The maximum Gasteiger partial charge on any atom is 0.0369 e. The highest BCUT2D eigenvalue weighted by Gasteiger charge is 2.13. The van der Waals surface area contributed by atoms with Gasteiger partial charge in [0.1, 0.15) is 0 Å². The van der Waals surface area contributed by atoms with Crippen LogP contribution in [0.25, 0.3) is 0 Å². The summed E-state index contributed by atoms with van der Waals surface area (Å²) >= 11 is 7.70. The molecule has 0 aliphatic rings. The Bertz CT molecular complexity index is 484. The lowest BCUT2D eigenvalue weighted by molar-refractivity contribution is 0.590. The molecule has 1 nitrogen and oxygen atoms in total. The van der Waals surface area contributed by atoms with Gasteiger partial charge in [0.25, 0.3) is 0 Å². The SMILES string of the molecule is CNC(Cc1ccsc1)c1cc(Br)ccc1I. The zero-order valence-corrected chi connectivity index (χ0v) is 14.0. The van der Waals surface area contributed by atoms with Crippen LogP contribution in [0.1, 0.15) is 17.2 Å². The van der Waals surface area contributed by atoms with Gasteiger partial charge in [-0.2, -0.15) is 11.3 Å². The average molecular weight is 422 g/mol. The van der Waals surface area contributed by atoms with Crippen molar-refractivity contribution in [3.63, 3.8) is 0 Å². The van der Waals surface area contributed by atoms with E-state index in [4.69, 9.17) is 0 Å². The number of nitrogens with one attached hydrogen (secondary N) is 1. The van der Waals surface area contributed by atoms with E-state index in [2.05, 4.69) is 78.9 Å². The van der Waals surface area contributed by atoms with Crippen molar-refractivity contribution in [1.82, 2.24) is 5.32 Å². The largest absolute Gasteiger partial charge is 0.313 e. The molecule has 0 aliphatic carbocycles. The average Bonchev–Trinajstić information content (AvgIpc) is 2.82. The van der Waals surface area contributed by atoms with E-state index in [1.165, 1.54) is 14.7 Å². The molecular weight excluding hydrogens is 409 g/mol. The van der Waals surface area contributed by atoms with Gasteiger partial charge in [0, 0.05) is 14.1 Å². The van der Waals surface area contributed by atoms with E-state index in [0.717, 1.165) is 10.9 Å². The molecule has 2 aromatic rings. The Hall–Kier alpha value is 0.0900. The molecule has 0 radical (unpaired) electrons. The number of hydrogen-bond acceptors (Lipinski definition) is 2. The van der Waals surface area contributed by atoms with Crippen LogP contribution in [0.15, 0.2) is 39.5 Å². The summed E-state index contributed by atoms with van der Waals surface area (Å²) in [6, 6.07) is 9.00. The molecule has 1 unspecified atom stereocenters. The second-order valence-corrected chi connectivity index (χ2v) is 6.70. The van der Waals surface area contributed by atoms with E-state index in [9.17, 15) is 0 Å². The first-order valence-electron chi connectivity index (χ1n) is 5.34. The van der Waals surface area contributed by atoms with Gasteiger partial charge in [-0.15, -0.1) is 0 Å². The Morgan fingerprint density at radius 2 is 2.24 bits per heavy atom. The molecule has 90 valence electrons. The summed E-state index contributed by atoms with van der Waals surface area (Å²) in [6.45, 7) is 0. The molecule has 0 amide bonds. The van der Waals surface area contributed by atoms with Gasteiger partial charge >= 0.3 is 0 Å². The van der Waals surface area contributed by atoms with E-state index in [0.29, 0.717) is 6.04 Å². The fraction of sp³-hybridized carbons (Fsp3) is 0.231. The summed E-state index contributed by atoms with van der Waals surface area (Å²) in [7, 11) is 2.02. The molecule has 4 heteroatoms. The highest BCUT2D eigenvalue weighted by atomic mass is 127. The number of benzene rings is 1. The van der Waals surface area contributed by atoms with Crippen molar-refractivity contribution in [2.24, 2.45) is 0 Å². The lowest BCUT2D eigenvalue weighted by Crippen LogP contribution is -2.19. The van der Waals surface area contributed by atoms with Gasteiger partial charge in [-0.05, 0) is 82.2 Å². The van der Waals surface area contributed by atoms with Crippen LogP contribution in [0.5, 0.6) is 0 Å². The predicted molar refractivity (Wildman–Crippen MR) is 86.7 cm³/mol. The zero-order valence-electron chi connectivity index (χ0n) is 9.41. The quantitative estimate of drug-likeness (QED) is 0.710. The molecular formula is C13H13BrINS. The summed E-state index contributed by atoms with van der Waals surface area (Å²) in [4.78, 5) is 0. The smallest absolute Gasteiger partial charge is 0.0369 e. The third kappa shape index (κ3) is 3.53. The summed E-state index contributed by atoms with van der Waals surface area (Å²) in [5, 5.41) is 7.75. The molecule has 17 heavy (non-hydrogen) atoms. The maximum atomic E-state index is 3.54. The van der Waals surface area contributed by atoms with E-state index in [1.807, 2.05) is 7.05 Å². The van der Waals surface area contributed by atoms with E-state index < -0.39 is 0 Å². The minimum absolute atomic E-state index is 0.369. The minimum Gasteiger partial charge on any atom is -0.313 e. The van der Waals surface area contributed by atoms with Crippen molar-refractivity contribution in [3.8, 4) is 0 Å². The second-order valence-electron chi connectivity index (χ2n) is 3.84. The Kier molecular flexibility index (Phi) is 5.02. The summed E-state index contributed by atoms with van der Waals surface area (Å²) < 4.78 is 2.44. The lowest BCUT2D eigenvalue weighted by atomic mass is 10.0. The molecule has 0 spiro atoms. The van der Waals surface area contributed by atoms with Gasteiger partial charge in [0.05, 0.1) is 0 Å². The highest BCUT2D eigenvalue weighted by Crippen LogP contribution is 2.27. The van der Waals surface area contributed by atoms with Crippen molar-refractivity contribution in [2.45, 2.75) is 12.5 Å². The summed E-state index contributed by atoms with van der Waals surface area (Å²) in [5.41, 5.74) is 2.75. The third-order valence-electron chi connectivity index (χ3n) is 2.70. The molecule has 0 saturated carbocycles. The normalized spacial score (nSPS) is 12.6. The van der Waals surface area contributed by atoms with Crippen LogP contribution in [0, 0.1) is 3.57 Å². The molecule has 1 heterocycles. The molecule has 0 bridgehead atoms. The van der Waals surface area contributed by atoms with Crippen molar-refractivity contribution < 1.29 is 0 Å². The van der Waals surface area contributed by atoms with Gasteiger partial charge in [-0.1, -0.05) is 15.9 Å². The number of rotatable bonds is 4. The molecule has 2 rings (SSSR count). The predicted octanol–water partition coefficient (Wildman–Crippen LogP) is 4.62. The monoisotopic (exact) mass is 421 g/mol. The van der Waals surface area contributed by atoms with Crippen molar-refractivity contribution in [1.29, 1.82) is 0 Å². The molecule has 0 saturated heterocycles. The van der Waals surface area contributed by atoms with Gasteiger partial charge in [0.2, 0.25) is 0 Å². The molecule has 1 aromatic carbocycles. The van der Waals surface area contributed by atoms with Crippen LogP contribution in [-0.2, 0) is 6.42 Å². The van der Waals surface area contributed by atoms with Gasteiger partial charge < -0.3 is 5.32 Å². The van der Waals surface area contributed by atoms with Crippen LogP contribution >= 0.6 is 49.9 Å². The van der Waals surface area contributed by atoms with Crippen LogP contribution < -0.4 is 5.32 Å². The van der Waals surface area contributed by atoms with Crippen LogP contribution in [0.3, 0.4) is 0 Å². The van der Waals surface area contributed by atoms with Crippen LogP contribution in [-0.4, -0.2) is 7.05 Å². The Morgan fingerprint density at radius 1 is 1.41 bits per heavy atom. The van der Waals surface area contributed by atoms with Crippen LogP contribution in [0.4, 0.5) is 0 Å². The van der Waals surface area contributed by atoms with Gasteiger partial charge in [0.15, 0.2) is 0 Å². The fourth-order valence-corrected chi connectivity index (χ4v) is 3.57. The van der Waals surface area contributed by atoms with Crippen LogP contribution in [0.2, 0.25) is 0 Å².